The number of aromatic nitrogens is 20. The molecule has 9 N–H and O–H groups in total. The predicted molar refractivity (Wildman–Crippen MR) is 522 cm³/mol. The first-order valence-corrected chi connectivity index (χ1v) is 49.6. The number of carbonyl (C=O) groups excluding carboxylic acids is 1. The van der Waals surface area contributed by atoms with Gasteiger partial charge in [-0.3, -0.25) is 32.8 Å². The van der Waals surface area contributed by atoms with Gasteiger partial charge in [-0.1, -0.05) is 191 Å². The SMILES string of the molecule is C=C1[C@H](CC)[C@@H](P=O)C[C@@H]1n1cnc2c(OCc3ccccc3)nc(C)nc21.C=C1[C@H](CO)[C@@H](O)C[C@@H]1n1cnc2c(=O)[nH]c(N)nc21.CC[C@H]1C(=O)[C@@H](n2cnc3c(OCc4ccccc4)nc(C)nc32)C[C@@H]1P=O.CC[C@H]1[C@H](O)[C@@H](n2cnc3c(OCc4ccccc4)nc(C)nc32)C[C@@H]1P=O.Nc1nc(OCc2ccccc2)c2[nH]cnc2n1.O=P[C@H]1C[C@H]2O[C@H]2[C@@H]1COCc1ccccc1. The van der Waals surface area contributed by atoms with Crippen molar-refractivity contribution in [3.63, 3.8) is 0 Å². The summed E-state index contributed by atoms with van der Waals surface area (Å²) in [6.07, 6.45) is 13.1. The highest BCUT2D eigenvalue weighted by atomic mass is 31.1. The lowest BCUT2D eigenvalue weighted by atomic mass is 10.00. The number of nitrogens with one attached hydrogen (secondary N) is 2. The van der Waals surface area contributed by atoms with Crippen LogP contribution in [-0.4, -0.2) is 179 Å². The molecule has 720 valence electrons. The molecule has 1 aliphatic heterocycles. The third kappa shape index (κ3) is 22.6. The van der Waals surface area contributed by atoms with Crippen molar-refractivity contribution in [2.45, 2.75) is 197 Å². The number of imidazole rings is 5. The fraction of sp³-hybridized carbons (Fsp3) is 0.388. The van der Waals surface area contributed by atoms with E-state index in [0.717, 1.165) is 59.2 Å². The molecule has 0 spiro atoms. The molecule has 0 radical (unpaired) electrons. The number of aliphatic hydroxyl groups excluding tert-OH is 3. The van der Waals surface area contributed by atoms with Gasteiger partial charge >= 0.3 is 0 Å². The number of nitrogens with zero attached hydrogens (tertiary/aromatic N) is 18. The van der Waals surface area contributed by atoms with E-state index in [1.54, 1.807) is 35.0 Å². The number of nitrogen functional groups attached to an aromatic ring is 2. The average molecular weight is 1960 g/mol. The van der Waals surface area contributed by atoms with Crippen molar-refractivity contribution >= 4 is 107 Å². The number of hydrogen-bond donors (Lipinski definition) is 7. The number of H-pyrrole nitrogens is 2. The summed E-state index contributed by atoms with van der Waals surface area (Å²) in [4.78, 5) is 90.5. The van der Waals surface area contributed by atoms with E-state index in [4.69, 9.17) is 39.9 Å². The lowest BCUT2D eigenvalue weighted by molar-refractivity contribution is -0.123. The van der Waals surface area contributed by atoms with E-state index in [2.05, 4.69) is 112 Å². The second-order valence-corrected chi connectivity index (χ2v) is 38.3. The van der Waals surface area contributed by atoms with Gasteiger partial charge in [0.1, 0.15) is 49.4 Å². The smallest absolute Gasteiger partial charge is 0.280 e. The second kappa shape index (κ2) is 45.6. The number of nitrogens with two attached hydrogens (primary N) is 2. The van der Waals surface area contributed by atoms with E-state index in [1.807, 2.05) is 176 Å². The maximum Gasteiger partial charge on any atom is 0.280 e. The minimum absolute atomic E-state index is 0.00153. The molecule has 139 heavy (non-hydrogen) atoms. The highest BCUT2D eigenvalue weighted by Crippen LogP contribution is 2.50. The molecule has 0 unspecified atom stereocenters. The van der Waals surface area contributed by atoms with Gasteiger partial charge in [0.25, 0.3) is 5.56 Å². The summed E-state index contributed by atoms with van der Waals surface area (Å²) in [7, 11) is 0.531. The number of fused-ring (bicyclic) bond motifs is 6. The van der Waals surface area contributed by atoms with Crippen LogP contribution in [0, 0.1) is 50.4 Å². The number of ketones is 1. The third-order valence-corrected chi connectivity index (χ3v) is 29.5. The first kappa shape index (κ1) is 98.8. The van der Waals surface area contributed by atoms with Crippen molar-refractivity contribution in [1.29, 1.82) is 0 Å². The summed E-state index contributed by atoms with van der Waals surface area (Å²) in [5.41, 5.74) is 23.4. The molecule has 15 aromatic rings. The van der Waals surface area contributed by atoms with Crippen LogP contribution in [0.25, 0.3) is 55.8 Å². The molecule has 17 atom stereocenters. The maximum absolute atomic E-state index is 12.9. The van der Waals surface area contributed by atoms with Gasteiger partial charge < -0.3 is 78.5 Å². The van der Waals surface area contributed by atoms with Gasteiger partial charge in [-0.2, -0.15) is 29.9 Å². The van der Waals surface area contributed by atoms with Crippen LogP contribution in [-0.2, 0) is 65.6 Å². The van der Waals surface area contributed by atoms with E-state index >= 15 is 0 Å². The van der Waals surface area contributed by atoms with Crippen LogP contribution in [0.5, 0.6) is 23.5 Å². The molecule has 37 nitrogen and oxygen atoms in total. The molecule has 6 aliphatic rings. The number of Topliss-reactive ketones (excluding diaryl/α,β-unsaturated/α-hetero) is 1. The van der Waals surface area contributed by atoms with Crippen LogP contribution < -0.4 is 36.0 Å². The summed E-state index contributed by atoms with van der Waals surface area (Å²) >= 11 is 0. The highest BCUT2D eigenvalue weighted by molar-refractivity contribution is 7.25. The van der Waals surface area contributed by atoms with Gasteiger partial charge in [0, 0.05) is 40.6 Å². The Hall–Kier alpha value is -13.2. The van der Waals surface area contributed by atoms with Crippen LogP contribution in [0.4, 0.5) is 11.9 Å². The minimum Gasteiger partial charge on any atom is -0.471 e. The van der Waals surface area contributed by atoms with Crippen LogP contribution in [0.2, 0.25) is 0 Å². The van der Waals surface area contributed by atoms with Crippen LogP contribution in [0.3, 0.4) is 0 Å². The van der Waals surface area contributed by atoms with E-state index < -0.39 is 23.8 Å². The molecule has 5 aromatic carbocycles. The van der Waals surface area contributed by atoms with Crippen molar-refractivity contribution in [3.05, 3.63) is 263 Å². The summed E-state index contributed by atoms with van der Waals surface area (Å²) in [5.74, 6) is 3.73. The van der Waals surface area contributed by atoms with Crippen molar-refractivity contribution in [2.24, 2.45) is 29.6 Å². The summed E-state index contributed by atoms with van der Waals surface area (Å²) < 4.78 is 87.7. The number of aliphatic hydroxyl groups is 3. The van der Waals surface area contributed by atoms with Crippen molar-refractivity contribution < 1.29 is 66.8 Å². The topological polar surface area (TPSA) is 506 Å². The molecule has 6 fully saturated rings. The van der Waals surface area contributed by atoms with Crippen molar-refractivity contribution in [2.75, 3.05) is 24.7 Å². The molecule has 41 heteroatoms. The molecule has 5 saturated carbocycles. The van der Waals surface area contributed by atoms with E-state index in [9.17, 15) is 43.2 Å². The average Bonchev–Trinajstić information content (AvgIpc) is 1.60. The van der Waals surface area contributed by atoms with Gasteiger partial charge in [0.15, 0.2) is 89.9 Å². The Morgan fingerprint density at radius 2 is 0.871 bits per heavy atom. The Morgan fingerprint density at radius 3 is 1.32 bits per heavy atom. The van der Waals surface area contributed by atoms with Gasteiger partial charge in [-0.05, 0) is 111 Å². The number of aryl methyl sites for hydroxylation is 3. The van der Waals surface area contributed by atoms with Gasteiger partial charge in [0.2, 0.25) is 35.4 Å². The van der Waals surface area contributed by atoms with Crippen molar-refractivity contribution in [1.82, 2.24) is 98.0 Å². The zero-order valence-corrected chi connectivity index (χ0v) is 81.0. The predicted octanol–water partition coefficient (Wildman–Crippen LogP) is 15.9. The number of epoxide rings is 1. The lowest BCUT2D eigenvalue weighted by Gasteiger charge is -2.20. The summed E-state index contributed by atoms with van der Waals surface area (Å²) in [5, 5.41) is 30.0. The van der Waals surface area contributed by atoms with E-state index in [0.29, 0.717) is 175 Å². The molecule has 11 heterocycles. The fourth-order valence-electron chi connectivity index (χ4n) is 18.9. The largest absolute Gasteiger partial charge is 0.471 e. The zero-order valence-electron chi connectivity index (χ0n) is 77.4. The number of rotatable bonds is 28. The standard InChI is InChI=1S/C21H23N4O2P.C20H23N4O3P.C20H21N4O3P.C13H15O3P.C12H15N5O3.C12H11N5O/c1-4-16-13(2)17(10-18(16)28-26)25-12-22-19-20(25)23-14(3)24-21(19)27-11-15-8-6-5-7-9-15;2*1-3-14-16(28-26)9-15(18(14)25)24-11-21-17-19(24)22-12(2)23-20(17)27-10-13-7-5-4-6-8-13;14-17-12-6-11-13(16-11)10(12)8-15-7-9-4-2-1-3-5-9;1-5-6(3-18)8(19)2-7(5)17-4-14-9-10(17)15-12(13)16-11(9)20;13-12-16-10-9(14-7-15-10)11(17-12)18-6-8-4-2-1-3-5-8/h5-9,12,16-18H,2,4,10-11H2,1,3H3;4-8,11,14-16,18,25H,3,9-10H2,1-2H3;4-8,11,14-16H,3,9-10H2,1-2H3;1-5,10-13H,6-8H2;4,6-8,18-19H,1-3H2,(H3,13,15,16,20);1-5,7H,6H2,(H3,13,14,15,16,17)/t16-,17-,18-;14-,15+,16+,18+;14-,15+,16+;10-,11-,12+,13+;6-,7-,8-;/m01110./s1. The Balaban J connectivity index is 0.000000122. The summed E-state index contributed by atoms with van der Waals surface area (Å²) in [6, 6.07) is 48.8. The van der Waals surface area contributed by atoms with Crippen LogP contribution in [0.1, 0.15) is 142 Å². The molecule has 1 saturated heterocycles. The first-order chi connectivity index (χ1) is 67.6. The Bertz CT molecular complexity index is 6720. The quantitative estimate of drug-likeness (QED) is 0.0136. The van der Waals surface area contributed by atoms with E-state index in [1.165, 1.54) is 18.2 Å². The van der Waals surface area contributed by atoms with Crippen LogP contribution in [0.15, 0.2) is 212 Å². The maximum atomic E-state index is 12.9. The minimum atomic E-state index is -0.672. The molecule has 0 bridgehead atoms. The lowest BCUT2D eigenvalue weighted by Crippen LogP contribution is -2.24. The second-order valence-electron chi connectivity index (χ2n) is 34.8. The summed E-state index contributed by atoms with van der Waals surface area (Å²) in [6.45, 7) is 22.5. The molecular formula is C98H108N22O15P4. The number of allylic oxidation sites excluding steroid dienone is 1. The number of ether oxygens (including phenoxy) is 6. The van der Waals surface area contributed by atoms with Crippen molar-refractivity contribution in [3.8, 4) is 23.5 Å². The number of benzene rings is 5. The molecule has 10 aromatic heterocycles. The van der Waals surface area contributed by atoms with Gasteiger partial charge in [-0.15, -0.1) is 0 Å². The van der Waals surface area contributed by atoms with E-state index in [-0.39, 0.29) is 128 Å². The zero-order chi connectivity index (χ0) is 97.5. The van der Waals surface area contributed by atoms with Gasteiger partial charge in [0.05, 0.1) is 106 Å². The number of carbonyl (C=O) groups is 1. The molecule has 21 rings (SSSR count). The number of aromatic amines is 2. The first-order valence-electron chi connectivity index (χ1n) is 46.0. The molecular weight excluding hydrogens is 1850 g/mol. The Kier molecular flexibility index (Phi) is 32.4. The Morgan fingerprint density at radius 1 is 0.453 bits per heavy atom. The fourth-order valence-corrected chi connectivity index (χ4v) is 22.1. The van der Waals surface area contributed by atoms with Gasteiger partial charge in [-0.25, -0.2) is 39.9 Å². The monoisotopic (exact) mass is 1960 g/mol. The third-order valence-electron chi connectivity index (χ3n) is 26.1. The van der Waals surface area contributed by atoms with Crippen LogP contribution >= 0.6 is 33.8 Å². The normalized spacial score (nSPS) is 23.4. The molecule has 5 aliphatic carbocycles. The highest BCUT2D eigenvalue weighted by Gasteiger charge is 2.56. The molecule has 0 amide bonds. The Labute approximate surface area is 805 Å². The number of anilines is 2. The number of hydrogen-bond acceptors (Lipinski definition) is 31.